The fourth-order valence-electron chi connectivity index (χ4n) is 1.80. The summed E-state index contributed by atoms with van der Waals surface area (Å²) in [6.07, 6.45) is 0. The molecule has 0 atom stereocenters. The number of para-hydroxylation sites is 1. The summed E-state index contributed by atoms with van der Waals surface area (Å²) < 4.78 is 27.6. The molecule has 6 heteroatoms. The van der Waals surface area contributed by atoms with Gasteiger partial charge in [-0.15, -0.1) is 0 Å². The number of anilines is 2. The zero-order chi connectivity index (χ0) is 14.9. The minimum absolute atomic E-state index is 0.222. The number of rotatable bonds is 2. The largest absolute Gasteiger partial charge is 0.397 e. The van der Waals surface area contributed by atoms with Crippen molar-refractivity contribution in [2.24, 2.45) is 0 Å². The van der Waals surface area contributed by atoms with Crippen molar-refractivity contribution in [1.29, 1.82) is 0 Å². The fourth-order valence-corrected chi connectivity index (χ4v) is 2.20. The van der Waals surface area contributed by atoms with Crippen LogP contribution in [-0.2, 0) is 0 Å². The lowest BCUT2D eigenvalue weighted by Crippen LogP contribution is -2.17. The standard InChI is InChI=1S/C14H11BrF2N2O/c1-7-3-2-4-11(18)13(7)19-14(20)12-9(16)5-8(15)6-10(12)17/h2-6H,18H2,1H3,(H,19,20). The number of benzene rings is 2. The van der Waals surface area contributed by atoms with Gasteiger partial charge in [-0.1, -0.05) is 28.1 Å². The topological polar surface area (TPSA) is 55.1 Å². The quantitative estimate of drug-likeness (QED) is 0.815. The number of carbonyl (C=O) groups excluding carboxylic acids is 1. The summed E-state index contributed by atoms with van der Waals surface area (Å²) in [5.41, 5.74) is 6.48. The summed E-state index contributed by atoms with van der Waals surface area (Å²) in [4.78, 5) is 12.0. The van der Waals surface area contributed by atoms with E-state index in [-0.39, 0.29) is 4.47 Å². The van der Waals surface area contributed by atoms with Crippen LogP contribution in [0.5, 0.6) is 0 Å². The van der Waals surface area contributed by atoms with Crippen LogP contribution in [-0.4, -0.2) is 5.91 Å². The fraction of sp³-hybridized carbons (Fsp3) is 0.0714. The van der Waals surface area contributed by atoms with Gasteiger partial charge in [0.1, 0.15) is 17.2 Å². The van der Waals surface area contributed by atoms with Crippen molar-refractivity contribution in [3.05, 3.63) is 57.6 Å². The van der Waals surface area contributed by atoms with E-state index in [2.05, 4.69) is 21.2 Å². The first kappa shape index (κ1) is 14.5. The van der Waals surface area contributed by atoms with E-state index in [1.165, 1.54) is 0 Å². The van der Waals surface area contributed by atoms with Crippen molar-refractivity contribution in [3.63, 3.8) is 0 Å². The van der Waals surface area contributed by atoms with Gasteiger partial charge in [-0.05, 0) is 30.7 Å². The zero-order valence-electron chi connectivity index (χ0n) is 10.5. The van der Waals surface area contributed by atoms with Crippen molar-refractivity contribution < 1.29 is 13.6 Å². The van der Waals surface area contributed by atoms with Gasteiger partial charge in [-0.25, -0.2) is 8.78 Å². The van der Waals surface area contributed by atoms with E-state index in [1.807, 2.05) is 0 Å². The summed E-state index contributed by atoms with van der Waals surface area (Å²) >= 11 is 2.95. The first-order valence-electron chi connectivity index (χ1n) is 5.71. The maximum absolute atomic E-state index is 13.7. The summed E-state index contributed by atoms with van der Waals surface area (Å²) in [6.45, 7) is 1.74. The molecule has 2 aromatic rings. The van der Waals surface area contributed by atoms with Crippen LogP contribution < -0.4 is 11.1 Å². The minimum atomic E-state index is -0.943. The van der Waals surface area contributed by atoms with Crippen LogP contribution in [0, 0.1) is 18.6 Å². The van der Waals surface area contributed by atoms with Crippen LogP contribution in [0.3, 0.4) is 0 Å². The Morgan fingerprint density at radius 2 is 1.85 bits per heavy atom. The maximum atomic E-state index is 13.7. The third-order valence-corrected chi connectivity index (χ3v) is 3.24. The van der Waals surface area contributed by atoms with E-state index in [1.54, 1.807) is 25.1 Å². The van der Waals surface area contributed by atoms with Crippen molar-refractivity contribution >= 4 is 33.2 Å². The van der Waals surface area contributed by atoms with Gasteiger partial charge in [-0.2, -0.15) is 0 Å². The number of amides is 1. The number of nitrogen functional groups attached to an aromatic ring is 1. The summed E-state index contributed by atoms with van der Waals surface area (Å²) in [5, 5.41) is 2.44. The van der Waals surface area contributed by atoms with Gasteiger partial charge >= 0.3 is 0 Å². The van der Waals surface area contributed by atoms with E-state index in [0.717, 1.165) is 12.1 Å². The van der Waals surface area contributed by atoms with E-state index in [9.17, 15) is 13.6 Å². The zero-order valence-corrected chi connectivity index (χ0v) is 12.1. The number of nitrogens with one attached hydrogen (secondary N) is 1. The van der Waals surface area contributed by atoms with Crippen LogP contribution in [0.2, 0.25) is 0 Å². The predicted octanol–water partition coefficient (Wildman–Crippen LogP) is 3.87. The second kappa shape index (κ2) is 5.58. The molecule has 3 nitrogen and oxygen atoms in total. The van der Waals surface area contributed by atoms with E-state index < -0.39 is 23.1 Å². The van der Waals surface area contributed by atoms with Gasteiger partial charge in [0.05, 0.1) is 11.4 Å². The third kappa shape index (κ3) is 2.80. The molecule has 0 unspecified atom stereocenters. The Balaban J connectivity index is 2.39. The Kier molecular flexibility index (Phi) is 4.04. The molecule has 104 valence electrons. The lowest BCUT2D eigenvalue weighted by Gasteiger charge is -2.12. The molecular formula is C14H11BrF2N2O. The highest BCUT2D eigenvalue weighted by Crippen LogP contribution is 2.25. The van der Waals surface area contributed by atoms with Crippen LogP contribution in [0.4, 0.5) is 20.2 Å². The van der Waals surface area contributed by atoms with Crippen molar-refractivity contribution in [2.45, 2.75) is 6.92 Å². The van der Waals surface area contributed by atoms with Crippen LogP contribution in [0.25, 0.3) is 0 Å². The molecule has 3 N–H and O–H groups in total. The van der Waals surface area contributed by atoms with Crippen LogP contribution >= 0.6 is 15.9 Å². The molecule has 0 fully saturated rings. The first-order chi connectivity index (χ1) is 9.40. The Morgan fingerprint density at radius 3 is 2.40 bits per heavy atom. The molecule has 2 rings (SSSR count). The molecule has 0 aliphatic rings. The molecule has 1 amide bonds. The third-order valence-electron chi connectivity index (χ3n) is 2.78. The van der Waals surface area contributed by atoms with Gasteiger partial charge in [0, 0.05) is 4.47 Å². The molecule has 20 heavy (non-hydrogen) atoms. The predicted molar refractivity (Wildman–Crippen MR) is 77.6 cm³/mol. The molecule has 0 aliphatic carbocycles. The second-order valence-electron chi connectivity index (χ2n) is 4.24. The van der Waals surface area contributed by atoms with Gasteiger partial charge in [0.15, 0.2) is 0 Å². The Labute approximate surface area is 122 Å². The summed E-state index contributed by atoms with van der Waals surface area (Å²) in [5.74, 6) is -2.77. The van der Waals surface area contributed by atoms with Gasteiger partial charge in [0.25, 0.3) is 5.91 Å². The second-order valence-corrected chi connectivity index (χ2v) is 5.15. The smallest absolute Gasteiger partial charge is 0.261 e. The van der Waals surface area contributed by atoms with Crippen LogP contribution in [0.1, 0.15) is 15.9 Å². The van der Waals surface area contributed by atoms with Crippen molar-refractivity contribution in [1.82, 2.24) is 0 Å². The number of hydrogen-bond donors (Lipinski definition) is 2. The molecule has 0 aliphatic heterocycles. The Bertz CT molecular complexity index is 646. The molecule has 0 bridgehead atoms. The summed E-state index contributed by atoms with van der Waals surface area (Å²) in [6, 6.07) is 7.11. The normalized spacial score (nSPS) is 10.4. The van der Waals surface area contributed by atoms with E-state index >= 15 is 0 Å². The highest BCUT2D eigenvalue weighted by molar-refractivity contribution is 9.10. The molecule has 2 aromatic carbocycles. The van der Waals surface area contributed by atoms with Crippen LogP contribution in [0.15, 0.2) is 34.8 Å². The number of halogens is 3. The van der Waals surface area contributed by atoms with Gasteiger partial charge < -0.3 is 11.1 Å². The number of aryl methyl sites for hydroxylation is 1. The average Bonchev–Trinajstić information content (AvgIpc) is 2.32. The first-order valence-corrected chi connectivity index (χ1v) is 6.50. The molecular weight excluding hydrogens is 330 g/mol. The molecule has 0 aromatic heterocycles. The molecule has 0 heterocycles. The van der Waals surface area contributed by atoms with E-state index in [0.29, 0.717) is 16.9 Å². The average molecular weight is 341 g/mol. The number of nitrogens with two attached hydrogens (primary N) is 1. The summed E-state index contributed by atoms with van der Waals surface area (Å²) in [7, 11) is 0. The number of hydrogen-bond acceptors (Lipinski definition) is 2. The highest BCUT2D eigenvalue weighted by atomic mass is 79.9. The maximum Gasteiger partial charge on any atom is 0.261 e. The van der Waals surface area contributed by atoms with E-state index in [4.69, 9.17) is 5.73 Å². The Morgan fingerprint density at radius 1 is 1.25 bits per heavy atom. The van der Waals surface area contributed by atoms with Crippen molar-refractivity contribution in [3.8, 4) is 0 Å². The lowest BCUT2D eigenvalue weighted by atomic mass is 10.1. The Hall–Kier alpha value is -1.95. The SMILES string of the molecule is Cc1cccc(N)c1NC(=O)c1c(F)cc(Br)cc1F. The lowest BCUT2D eigenvalue weighted by molar-refractivity contribution is 0.101. The van der Waals surface area contributed by atoms with Gasteiger partial charge in [0.2, 0.25) is 0 Å². The molecule has 0 saturated carbocycles. The highest BCUT2D eigenvalue weighted by Gasteiger charge is 2.19. The molecule has 0 saturated heterocycles. The minimum Gasteiger partial charge on any atom is -0.397 e. The number of carbonyl (C=O) groups is 1. The van der Waals surface area contributed by atoms with Crippen molar-refractivity contribution in [2.75, 3.05) is 11.1 Å². The van der Waals surface area contributed by atoms with Gasteiger partial charge in [-0.3, -0.25) is 4.79 Å². The monoisotopic (exact) mass is 340 g/mol. The molecule has 0 radical (unpaired) electrons. The molecule has 0 spiro atoms.